The average molecular weight is 782 g/mol. The van der Waals surface area contributed by atoms with Gasteiger partial charge in [0.15, 0.2) is 0 Å². The van der Waals surface area contributed by atoms with Crippen LogP contribution in [-0.4, -0.2) is 128 Å². The Morgan fingerprint density at radius 1 is 0.655 bits per heavy atom. The molecule has 21 heteroatoms. The quantitative estimate of drug-likeness (QED) is 0.0524. The Labute approximate surface area is 316 Å². The first-order valence-electron chi connectivity index (χ1n) is 17.2. The van der Waals surface area contributed by atoms with Gasteiger partial charge in [0.25, 0.3) is 0 Å². The smallest absolute Gasteiger partial charge is 0.326 e. The molecule has 21 nitrogen and oxygen atoms in total. The topological polar surface area (TPSA) is 353 Å². The summed E-state index contributed by atoms with van der Waals surface area (Å²) >= 11 is 0. The molecule has 1 aromatic carbocycles. The molecule has 1 rings (SSSR count). The zero-order chi connectivity index (χ0) is 42.2. The molecule has 0 heterocycles. The van der Waals surface area contributed by atoms with E-state index < -0.39 is 121 Å². The first kappa shape index (κ1) is 47.2. The largest absolute Gasteiger partial charge is 0.508 e. The number of carbonyl (C=O) groups is 9. The van der Waals surface area contributed by atoms with Crippen LogP contribution in [0.2, 0.25) is 0 Å². The van der Waals surface area contributed by atoms with E-state index in [1.54, 1.807) is 20.8 Å². The fourth-order valence-corrected chi connectivity index (χ4v) is 4.85. The Morgan fingerprint density at radius 2 is 1.16 bits per heavy atom. The molecule has 0 bridgehead atoms. The molecule has 0 spiro atoms. The normalized spacial score (nSPS) is 15.3. The number of aliphatic hydroxyl groups is 1. The molecule has 8 atom stereocenters. The molecule has 0 aliphatic heterocycles. The molecule has 0 radical (unpaired) electrons. The lowest BCUT2D eigenvalue weighted by Crippen LogP contribution is -2.62. The van der Waals surface area contributed by atoms with Crippen molar-refractivity contribution in [1.29, 1.82) is 0 Å². The van der Waals surface area contributed by atoms with E-state index in [0.29, 0.717) is 12.0 Å². The highest BCUT2D eigenvalue weighted by Gasteiger charge is 2.36. The second-order valence-corrected chi connectivity index (χ2v) is 13.2. The third-order valence-electron chi connectivity index (χ3n) is 8.33. The summed E-state index contributed by atoms with van der Waals surface area (Å²) in [6, 6.07) is -3.93. The highest BCUT2D eigenvalue weighted by molar-refractivity contribution is 5.98. The van der Waals surface area contributed by atoms with E-state index in [4.69, 9.17) is 15.9 Å². The Balaban J connectivity index is 3.26. The van der Waals surface area contributed by atoms with Gasteiger partial charge in [-0.25, -0.2) is 4.79 Å². The number of hydrogen-bond acceptors (Lipinski definition) is 12. The van der Waals surface area contributed by atoms with Gasteiger partial charge in [0.2, 0.25) is 35.4 Å². The number of rotatable bonds is 23. The van der Waals surface area contributed by atoms with E-state index in [0.717, 1.165) is 6.92 Å². The van der Waals surface area contributed by atoms with Gasteiger partial charge in [-0.3, -0.25) is 38.4 Å². The number of nitrogens with one attached hydrogen (secondary N) is 6. The van der Waals surface area contributed by atoms with Gasteiger partial charge in [0, 0.05) is 6.42 Å². The number of aliphatic carboxylic acids is 3. The van der Waals surface area contributed by atoms with E-state index in [1.807, 2.05) is 12.2 Å². The molecule has 0 saturated heterocycles. The van der Waals surface area contributed by atoms with Crippen LogP contribution >= 0.6 is 0 Å². The summed E-state index contributed by atoms with van der Waals surface area (Å²) in [5, 5.41) is 61.1. The number of aromatic hydroxyl groups is 1. The monoisotopic (exact) mass is 781 g/mol. The Kier molecular flexibility index (Phi) is 19.2. The minimum Gasteiger partial charge on any atom is -0.508 e. The molecular weight excluding hydrogens is 730 g/mol. The van der Waals surface area contributed by atoms with Crippen LogP contribution in [0.15, 0.2) is 24.3 Å². The first-order chi connectivity index (χ1) is 25.6. The van der Waals surface area contributed by atoms with E-state index in [2.05, 4.69) is 26.6 Å². The van der Waals surface area contributed by atoms with Crippen molar-refractivity contribution in [2.24, 2.45) is 17.6 Å². The molecule has 55 heavy (non-hydrogen) atoms. The third kappa shape index (κ3) is 16.4. The van der Waals surface area contributed by atoms with Crippen LogP contribution in [-0.2, 0) is 49.6 Å². The average Bonchev–Trinajstić information content (AvgIpc) is 3.09. The van der Waals surface area contributed by atoms with Crippen LogP contribution in [0.5, 0.6) is 5.75 Å². The number of phenols is 1. The number of aliphatic hydroxyl groups excluding tert-OH is 1. The molecular formula is C34H51N7O14. The summed E-state index contributed by atoms with van der Waals surface area (Å²) in [6.45, 7) is 6.96. The van der Waals surface area contributed by atoms with Crippen molar-refractivity contribution in [3.8, 4) is 5.75 Å². The Bertz CT molecular complexity index is 1550. The van der Waals surface area contributed by atoms with Crippen molar-refractivity contribution in [2.75, 3.05) is 6.54 Å². The molecule has 6 amide bonds. The van der Waals surface area contributed by atoms with Crippen LogP contribution in [0.1, 0.15) is 59.4 Å². The van der Waals surface area contributed by atoms with Crippen molar-refractivity contribution < 1.29 is 68.7 Å². The summed E-state index contributed by atoms with van der Waals surface area (Å²) in [4.78, 5) is 112. The predicted molar refractivity (Wildman–Crippen MR) is 191 cm³/mol. The third-order valence-corrected chi connectivity index (χ3v) is 8.33. The number of phenolic OH excluding ortho intramolecular Hbond substituents is 1. The molecule has 13 N–H and O–H groups in total. The van der Waals surface area contributed by atoms with Gasteiger partial charge in [-0.15, -0.1) is 0 Å². The number of nitrogens with two attached hydrogens (primary N) is 1. The van der Waals surface area contributed by atoms with Crippen molar-refractivity contribution >= 4 is 53.4 Å². The van der Waals surface area contributed by atoms with Crippen LogP contribution in [0.4, 0.5) is 0 Å². The maximum Gasteiger partial charge on any atom is 0.326 e. The second kappa shape index (κ2) is 22.4. The van der Waals surface area contributed by atoms with Gasteiger partial charge >= 0.3 is 17.9 Å². The molecule has 1 aromatic rings. The first-order valence-corrected chi connectivity index (χ1v) is 17.2. The van der Waals surface area contributed by atoms with Gasteiger partial charge in [0.1, 0.15) is 36.0 Å². The molecule has 0 saturated carbocycles. The number of hydrogen-bond donors (Lipinski definition) is 12. The van der Waals surface area contributed by atoms with Gasteiger partial charge in [-0.1, -0.05) is 46.2 Å². The van der Waals surface area contributed by atoms with Crippen molar-refractivity contribution in [3.63, 3.8) is 0 Å². The zero-order valence-corrected chi connectivity index (χ0v) is 31.0. The molecule has 0 aromatic heterocycles. The fraction of sp³-hybridized carbons (Fsp3) is 0.559. The van der Waals surface area contributed by atoms with Crippen LogP contribution in [0.3, 0.4) is 0 Å². The van der Waals surface area contributed by atoms with Crippen LogP contribution < -0.4 is 37.6 Å². The van der Waals surface area contributed by atoms with Gasteiger partial charge in [-0.2, -0.15) is 0 Å². The van der Waals surface area contributed by atoms with Crippen molar-refractivity contribution in [3.05, 3.63) is 29.8 Å². The lowest BCUT2D eigenvalue weighted by atomic mass is 9.97. The summed E-state index contributed by atoms with van der Waals surface area (Å²) in [7, 11) is 0. The second-order valence-electron chi connectivity index (χ2n) is 13.2. The van der Waals surface area contributed by atoms with E-state index in [1.165, 1.54) is 24.3 Å². The lowest BCUT2D eigenvalue weighted by Gasteiger charge is -2.28. The van der Waals surface area contributed by atoms with Crippen molar-refractivity contribution in [1.82, 2.24) is 31.9 Å². The fourth-order valence-electron chi connectivity index (χ4n) is 4.85. The maximum absolute atomic E-state index is 13.5. The number of carboxylic acids is 3. The molecule has 0 aliphatic rings. The van der Waals surface area contributed by atoms with Gasteiger partial charge in [-0.05, 0) is 36.5 Å². The highest BCUT2D eigenvalue weighted by Crippen LogP contribution is 2.13. The minimum absolute atomic E-state index is 0.128. The Hall–Kier alpha value is -5.83. The number of carbonyl (C=O) groups excluding carboxylic acids is 6. The molecule has 0 fully saturated rings. The number of amides is 6. The van der Waals surface area contributed by atoms with E-state index in [-0.39, 0.29) is 18.1 Å². The SMILES string of the molecule is CC[C@H](C)[C@H](N)C(=O)N[C@H](C(=O)N[C@@H](CC(=O)O)C(=O)N[C@H](C(=O)N[C@@H](Cc1ccc(O)cc1)C(=O)NCC(=O)N[C@@H](CC(=O)O)C(=O)O)[C@@H](C)O)C(C)C. The van der Waals surface area contributed by atoms with E-state index in [9.17, 15) is 58.5 Å². The number of carboxylic acid groups (broad SMARTS) is 3. The summed E-state index contributed by atoms with van der Waals surface area (Å²) < 4.78 is 0. The van der Waals surface area contributed by atoms with E-state index >= 15 is 0 Å². The molecule has 0 aliphatic carbocycles. The standard InChI is InChI=1S/C34H51N7O14/c1-6-16(4)26(35)31(51)40-27(15(2)3)32(52)39-21(12-24(45)46)30(50)41-28(17(5)42)33(53)38-20(11-18-7-9-19(43)10-8-18)29(49)36-14-23(44)37-22(34(54)55)13-25(47)48/h7-10,15-17,20-22,26-28,42-43H,6,11-14,35H2,1-5H3,(H,36,49)(H,37,44)(H,38,53)(H,39,52)(H,40,51)(H,41,50)(H,45,46)(H,47,48)(H,54,55)/t16-,17+,20-,21-,22-,26-,27-,28-/m0/s1. The van der Waals surface area contributed by atoms with Gasteiger partial charge < -0.3 is 63.2 Å². The number of benzene rings is 1. The Morgan fingerprint density at radius 3 is 1.65 bits per heavy atom. The maximum atomic E-state index is 13.5. The molecule has 306 valence electrons. The van der Waals surface area contributed by atoms with Crippen molar-refractivity contribution in [2.45, 2.75) is 103 Å². The van der Waals surface area contributed by atoms with Crippen LogP contribution in [0.25, 0.3) is 0 Å². The lowest BCUT2D eigenvalue weighted by molar-refractivity contribution is -0.147. The summed E-state index contributed by atoms with van der Waals surface area (Å²) in [5.41, 5.74) is 6.35. The van der Waals surface area contributed by atoms with Crippen LogP contribution in [0, 0.1) is 11.8 Å². The zero-order valence-electron chi connectivity index (χ0n) is 31.0. The summed E-state index contributed by atoms with van der Waals surface area (Å²) in [5.74, 6) is -11.7. The van der Waals surface area contributed by atoms with Gasteiger partial charge in [0.05, 0.1) is 31.5 Å². The molecule has 0 unspecified atom stereocenters. The summed E-state index contributed by atoms with van der Waals surface area (Å²) in [6.07, 6.45) is -3.35. The minimum atomic E-state index is -1.86. The predicted octanol–water partition coefficient (Wildman–Crippen LogP) is -3.08. The highest BCUT2D eigenvalue weighted by atomic mass is 16.4.